The first kappa shape index (κ1) is 18.6. The number of nitrogens with zero attached hydrogens (tertiary/aromatic N) is 3. The highest BCUT2D eigenvalue weighted by Crippen LogP contribution is 2.31. The van der Waals surface area contributed by atoms with E-state index in [1.807, 2.05) is 11.8 Å². The van der Waals surface area contributed by atoms with Gasteiger partial charge in [0.25, 0.3) is 0 Å². The molecular weight excluding hydrogens is 330 g/mol. The fraction of sp³-hybridized carbons (Fsp3) is 0.600. The van der Waals surface area contributed by atoms with Gasteiger partial charge in [-0.1, -0.05) is 45.4 Å². The highest BCUT2D eigenvalue weighted by molar-refractivity contribution is 7.99. The molecule has 0 N–H and O–H groups in total. The average Bonchev–Trinajstić information content (AvgIpc) is 2.62. The lowest BCUT2D eigenvalue weighted by Crippen LogP contribution is -2.36. The van der Waals surface area contributed by atoms with Crippen LogP contribution in [-0.2, 0) is 11.3 Å². The lowest BCUT2D eigenvalue weighted by Gasteiger charge is -2.26. The maximum absolute atomic E-state index is 5.44. The van der Waals surface area contributed by atoms with Crippen molar-refractivity contribution in [1.29, 1.82) is 0 Å². The molecule has 4 nitrogen and oxygen atoms in total. The van der Waals surface area contributed by atoms with E-state index in [-0.39, 0.29) is 0 Å². The molecule has 5 heteroatoms. The first-order chi connectivity index (χ1) is 12.1. The Kier molecular flexibility index (Phi) is 6.31. The highest BCUT2D eigenvalue weighted by Gasteiger charge is 2.17. The van der Waals surface area contributed by atoms with Gasteiger partial charge in [0.1, 0.15) is 10.9 Å². The molecule has 0 aliphatic carbocycles. The van der Waals surface area contributed by atoms with Crippen LogP contribution >= 0.6 is 11.8 Å². The number of morpholine rings is 1. The molecule has 1 aliphatic heterocycles. The van der Waals surface area contributed by atoms with Crippen molar-refractivity contribution >= 4 is 22.7 Å². The maximum atomic E-state index is 5.44. The van der Waals surface area contributed by atoms with E-state index < -0.39 is 0 Å². The van der Waals surface area contributed by atoms with Gasteiger partial charge in [-0.25, -0.2) is 9.97 Å². The minimum absolute atomic E-state index is 0.395. The predicted molar refractivity (Wildman–Crippen MR) is 105 cm³/mol. The number of ether oxygens (including phenoxy) is 1. The van der Waals surface area contributed by atoms with Crippen LogP contribution in [0.2, 0.25) is 0 Å². The zero-order valence-corrected chi connectivity index (χ0v) is 16.4. The van der Waals surface area contributed by atoms with Crippen LogP contribution in [0.15, 0.2) is 29.3 Å². The van der Waals surface area contributed by atoms with Crippen molar-refractivity contribution < 1.29 is 4.74 Å². The molecule has 0 atom stereocenters. The lowest BCUT2D eigenvalue weighted by molar-refractivity contribution is 0.0330. The summed E-state index contributed by atoms with van der Waals surface area (Å²) in [6, 6.07) is 8.37. The quantitative estimate of drug-likeness (QED) is 0.542. The summed E-state index contributed by atoms with van der Waals surface area (Å²) < 4.78 is 5.44. The number of rotatable bonds is 7. The SMILES string of the molecule is CCC(C)(C)CCSc1nc(CN2CCOCC2)nc2ccccc12. The van der Waals surface area contributed by atoms with Gasteiger partial charge in [-0.3, -0.25) is 4.90 Å². The smallest absolute Gasteiger partial charge is 0.144 e. The van der Waals surface area contributed by atoms with E-state index >= 15 is 0 Å². The van der Waals surface area contributed by atoms with E-state index in [0.29, 0.717) is 5.41 Å². The first-order valence-corrected chi connectivity index (χ1v) is 10.2. The number of hydrogen-bond acceptors (Lipinski definition) is 5. The van der Waals surface area contributed by atoms with Crippen molar-refractivity contribution in [3.05, 3.63) is 30.1 Å². The fourth-order valence-electron chi connectivity index (χ4n) is 2.83. The first-order valence-electron chi connectivity index (χ1n) is 9.26. The Hall–Kier alpha value is -1.17. The number of thioether (sulfide) groups is 1. The van der Waals surface area contributed by atoms with Gasteiger partial charge in [0.2, 0.25) is 0 Å². The molecule has 0 saturated carbocycles. The van der Waals surface area contributed by atoms with Crippen molar-refractivity contribution in [2.45, 2.75) is 45.2 Å². The average molecular weight is 360 g/mol. The largest absolute Gasteiger partial charge is 0.379 e. The molecule has 1 saturated heterocycles. The minimum Gasteiger partial charge on any atom is -0.379 e. The third-order valence-electron chi connectivity index (χ3n) is 5.06. The molecule has 136 valence electrons. The van der Waals surface area contributed by atoms with Gasteiger partial charge in [0.15, 0.2) is 0 Å². The second kappa shape index (κ2) is 8.47. The Bertz CT molecular complexity index is 698. The van der Waals surface area contributed by atoms with Crippen LogP contribution in [-0.4, -0.2) is 46.9 Å². The monoisotopic (exact) mass is 359 g/mol. The third-order valence-corrected chi connectivity index (χ3v) is 6.05. The Balaban J connectivity index is 1.77. The summed E-state index contributed by atoms with van der Waals surface area (Å²) in [6.07, 6.45) is 2.41. The number of aromatic nitrogens is 2. The highest BCUT2D eigenvalue weighted by atomic mass is 32.2. The van der Waals surface area contributed by atoms with Gasteiger partial charge in [-0.05, 0) is 17.9 Å². The summed E-state index contributed by atoms with van der Waals surface area (Å²) in [4.78, 5) is 12.1. The van der Waals surface area contributed by atoms with Crippen molar-refractivity contribution in [2.75, 3.05) is 32.1 Å². The van der Waals surface area contributed by atoms with Crippen LogP contribution in [0.3, 0.4) is 0 Å². The summed E-state index contributed by atoms with van der Waals surface area (Å²) in [5, 5.41) is 2.30. The van der Waals surface area contributed by atoms with Gasteiger partial charge in [-0.15, -0.1) is 11.8 Å². The summed E-state index contributed by atoms with van der Waals surface area (Å²) in [5.74, 6) is 2.02. The second-order valence-corrected chi connectivity index (χ2v) is 8.55. The van der Waals surface area contributed by atoms with E-state index in [4.69, 9.17) is 14.7 Å². The molecule has 1 aromatic heterocycles. The molecule has 0 unspecified atom stereocenters. The molecule has 1 aromatic carbocycles. The maximum Gasteiger partial charge on any atom is 0.144 e. The standard InChI is InChI=1S/C20H29N3OS/c1-4-20(2,3)9-14-25-19-16-7-5-6-8-17(16)21-18(22-19)15-23-10-12-24-13-11-23/h5-8H,4,9-15H2,1-3H3. The fourth-order valence-corrected chi connectivity index (χ4v) is 4.18. The molecule has 0 spiro atoms. The van der Waals surface area contributed by atoms with Crippen LogP contribution in [0.1, 0.15) is 39.4 Å². The molecule has 1 aliphatic rings. The molecule has 1 fully saturated rings. The molecule has 0 radical (unpaired) electrons. The molecule has 2 aromatic rings. The summed E-state index contributed by atoms with van der Waals surface area (Å²) in [7, 11) is 0. The van der Waals surface area contributed by atoms with E-state index in [1.54, 1.807) is 0 Å². The summed E-state index contributed by atoms with van der Waals surface area (Å²) in [6.45, 7) is 11.3. The van der Waals surface area contributed by atoms with Crippen molar-refractivity contribution in [1.82, 2.24) is 14.9 Å². The molecule has 0 bridgehead atoms. The Labute approximate surface area is 155 Å². The lowest BCUT2D eigenvalue weighted by atomic mass is 9.87. The van der Waals surface area contributed by atoms with Gasteiger partial charge in [0.05, 0.1) is 25.3 Å². The molecule has 2 heterocycles. The zero-order chi connectivity index (χ0) is 17.7. The van der Waals surface area contributed by atoms with Crippen molar-refractivity contribution in [3.63, 3.8) is 0 Å². The van der Waals surface area contributed by atoms with Crippen molar-refractivity contribution in [3.8, 4) is 0 Å². The van der Waals surface area contributed by atoms with E-state index in [0.717, 1.165) is 55.0 Å². The van der Waals surface area contributed by atoms with Crippen molar-refractivity contribution in [2.24, 2.45) is 5.41 Å². The van der Waals surface area contributed by atoms with Crippen LogP contribution in [0.5, 0.6) is 0 Å². The van der Waals surface area contributed by atoms with Gasteiger partial charge in [-0.2, -0.15) is 0 Å². The van der Waals surface area contributed by atoms with Gasteiger partial charge in [0, 0.05) is 24.2 Å². The van der Waals surface area contributed by atoms with Crippen LogP contribution in [0.25, 0.3) is 10.9 Å². The Morgan fingerprint density at radius 1 is 1.16 bits per heavy atom. The molecular formula is C20H29N3OS. The van der Waals surface area contributed by atoms with E-state index in [1.165, 1.54) is 18.2 Å². The summed E-state index contributed by atoms with van der Waals surface area (Å²) in [5.41, 5.74) is 1.45. The molecule has 3 rings (SSSR count). The van der Waals surface area contributed by atoms with E-state index in [9.17, 15) is 0 Å². The second-order valence-electron chi connectivity index (χ2n) is 7.47. The third kappa shape index (κ3) is 5.16. The Morgan fingerprint density at radius 2 is 1.92 bits per heavy atom. The van der Waals surface area contributed by atoms with Crippen LogP contribution < -0.4 is 0 Å². The van der Waals surface area contributed by atoms with E-state index in [2.05, 4.69) is 49.9 Å². The zero-order valence-electron chi connectivity index (χ0n) is 15.6. The van der Waals surface area contributed by atoms with Gasteiger partial charge < -0.3 is 4.74 Å². The number of para-hydroxylation sites is 1. The minimum atomic E-state index is 0.395. The summed E-state index contributed by atoms with van der Waals surface area (Å²) >= 11 is 1.87. The van der Waals surface area contributed by atoms with Crippen LogP contribution in [0.4, 0.5) is 0 Å². The predicted octanol–water partition coefficient (Wildman–Crippen LogP) is 4.38. The van der Waals surface area contributed by atoms with Gasteiger partial charge >= 0.3 is 0 Å². The Morgan fingerprint density at radius 3 is 2.68 bits per heavy atom. The number of fused-ring (bicyclic) bond motifs is 1. The molecule has 25 heavy (non-hydrogen) atoms. The number of benzene rings is 1. The number of hydrogen-bond donors (Lipinski definition) is 0. The normalized spacial score (nSPS) is 16.4. The topological polar surface area (TPSA) is 38.2 Å². The van der Waals surface area contributed by atoms with Crippen LogP contribution in [0, 0.1) is 5.41 Å². The molecule has 0 amide bonds.